The highest BCUT2D eigenvalue weighted by atomic mass is 32.1. The van der Waals surface area contributed by atoms with Gasteiger partial charge in [0.15, 0.2) is 0 Å². The lowest BCUT2D eigenvalue weighted by molar-refractivity contribution is 0.554. The predicted molar refractivity (Wildman–Crippen MR) is 59.1 cm³/mol. The Morgan fingerprint density at radius 2 is 2.19 bits per heavy atom. The molecular weight excluding hydrogens is 230 g/mol. The topological polar surface area (TPSA) is 38.9 Å². The van der Waals surface area contributed by atoms with Gasteiger partial charge in [0.2, 0.25) is 0 Å². The summed E-state index contributed by atoms with van der Waals surface area (Å²) in [6, 6.07) is 2.94. The van der Waals surface area contributed by atoms with Crippen LogP contribution in [0.4, 0.5) is 8.78 Å². The van der Waals surface area contributed by atoms with Gasteiger partial charge >= 0.3 is 0 Å². The summed E-state index contributed by atoms with van der Waals surface area (Å²) in [4.78, 5) is 4.07. The summed E-state index contributed by atoms with van der Waals surface area (Å²) in [5, 5.41) is 2.68. The first-order valence-corrected chi connectivity index (χ1v) is 5.63. The van der Waals surface area contributed by atoms with Crippen molar-refractivity contribution in [2.24, 2.45) is 5.73 Å². The molecule has 1 heterocycles. The van der Waals surface area contributed by atoms with Gasteiger partial charge in [-0.05, 0) is 6.07 Å². The van der Waals surface area contributed by atoms with Crippen molar-refractivity contribution >= 4 is 11.3 Å². The molecule has 0 bridgehead atoms. The van der Waals surface area contributed by atoms with Crippen LogP contribution in [0, 0.1) is 11.6 Å². The Balaban J connectivity index is 2.17. The Bertz CT molecular complexity index is 471. The molecule has 5 heteroatoms. The molecule has 1 atom stereocenters. The van der Waals surface area contributed by atoms with Crippen LogP contribution in [-0.2, 0) is 6.42 Å². The van der Waals surface area contributed by atoms with Crippen LogP contribution in [-0.4, -0.2) is 4.98 Å². The zero-order valence-corrected chi connectivity index (χ0v) is 9.18. The Morgan fingerprint density at radius 1 is 1.38 bits per heavy atom. The maximum absolute atomic E-state index is 13.4. The number of aromatic nitrogens is 1. The first-order valence-electron chi connectivity index (χ1n) is 4.75. The molecule has 1 unspecified atom stereocenters. The molecule has 0 spiro atoms. The predicted octanol–water partition coefficient (Wildman–Crippen LogP) is 2.66. The van der Waals surface area contributed by atoms with E-state index in [0.29, 0.717) is 12.0 Å². The molecule has 2 N–H and O–H groups in total. The van der Waals surface area contributed by atoms with Crippen molar-refractivity contribution in [3.8, 4) is 0 Å². The van der Waals surface area contributed by atoms with Crippen molar-refractivity contribution in [2.75, 3.05) is 0 Å². The SMILES string of the molecule is NC(Cc1nccs1)c1ccc(F)cc1F. The Labute approximate surface area is 95.7 Å². The van der Waals surface area contributed by atoms with Crippen LogP contribution in [0.15, 0.2) is 29.8 Å². The van der Waals surface area contributed by atoms with Crippen LogP contribution in [0.5, 0.6) is 0 Å². The van der Waals surface area contributed by atoms with Crippen LogP contribution in [0.2, 0.25) is 0 Å². The molecule has 84 valence electrons. The van der Waals surface area contributed by atoms with Crippen LogP contribution in [0.1, 0.15) is 16.6 Å². The van der Waals surface area contributed by atoms with E-state index in [-0.39, 0.29) is 0 Å². The standard InChI is InChI=1S/C11H10F2N2S/c12-7-1-2-8(9(13)5-7)10(14)6-11-15-3-4-16-11/h1-5,10H,6,14H2. The number of hydrogen-bond donors (Lipinski definition) is 1. The first kappa shape index (κ1) is 11.2. The lowest BCUT2D eigenvalue weighted by atomic mass is 10.0. The van der Waals surface area contributed by atoms with Crippen molar-refractivity contribution in [3.63, 3.8) is 0 Å². The third kappa shape index (κ3) is 2.43. The molecule has 0 aliphatic heterocycles. The van der Waals surface area contributed by atoms with E-state index < -0.39 is 17.7 Å². The molecule has 1 aromatic carbocycles. The largest absolute Gasteiger partial charge is 0.324 e. The van der Waals surface area contributed by atoms with E-state index in [9.17, 15) is 8.78 Å². The monoisotopic (exact) mass is 240 g/mol. The molecule has 2 nitrogen and oxygen atoms in total. The molecule has 0 saturated carbocycles. The van der Waals surface area contributed by atoms with E-state index in [1.807, 2.05) is 5.38 Å². The van der Waals surface area contributed by atoms with Gasteiger partial charge in [-0.3, -0.25) is 0 Å². The van der Waals surface area contributed by atoms with Gasteiger partial charge in [-0.2, -0.15) is 0 Å². The summed E-state index contributed by atoms with van der Waals surface area (Å²) in [6.45, 7) is 0. The van der Waals surface area contributed by atoms with Crippen molar-refractivity contribution in [3.05, 3.63) is 52.0 Å². The van der Waals surface area contributed by atoms with Crippen LogP contribution < -0.4 is 5.73 Å². The van der Waals surface area contributed by atoms with E-state index in [0.717, 1.165) is 11.1 Å². The van der Waals surface area contributed by atoms with Gasteiger partial charge in [-0.1, -0.05) is 6.07 Å². The number of hydrogen-bond acceptors (Lipinski definition) is 3. The van der Waals surface area contributed by atoms with Gasteiger partial charge in [0.1, 0.15) is 11.6 Å². The number of thiazole rings is 1. The summed E-state index contributed by atoms with van der Waals surface area (Å²) < 4.78 is 26.1. The molecule has 0 aliphatic carbocycles. The maximum atomic E-state index is 13.4. The second-order valence-electron chi connectivity index (χ2n) is 3.40. The van der Waals surface area contributed by atoms with Crippen LogP contribution in [0.3, 0.4) is 0 Å². The van der Waals surface area contributed by atoms with E-state index in [4.69, 9.17) is 5.73 Å². The van der Waals surface area contributed by atoms with Gasteiger partial charge in [0.05, 0.1) is 5.01 Å². The third-order valence-corrected chi connectivity index (χ3v) is 3.04. The van der Waals surface area contributed by atoms with Crippen molar-refractivity contribution < 1.29 is 8.78 Å². The number of halogens is 2. The number of nitrogens with two attached hydrogens (primary N) is 1. The molecule has 0 amide bonds. The van der Waals surface area contributed by atoms with Crippen molar-refractivity contribution in [2.45, 2.75) is 12.5 Å². The molecule has 16 heavy (non-hydrogen) atoms. The fourth-order valence-corrected chi connectivity index (χ4v) is 2.13. The Morgan fingerprint density at radius 3 is 2.81 bits per heavy atom. The van der Waals surface area contributed by atoms with Gasteiger partial charge in [-0.15, -0.1) is 11.3 Å². The van der Waals surface area contributed by atoms with E-state index in [1.165, 1.54) is 23.5 Å². The minimum absolute atomic E-state index is 0.316. The number of benzene rings is 1. The average Bonchev–Trinajstić information content (AvgIpc) is 2.70. The van der Waals surface area contributed by atoms with E-state index >= 15 is 0 Å². The molecule has 2 aromatic rings. The fourth-order valence-electron chi connectivity index (χ4n) is 1.45. The van der Waals surface area contributed by atoms with Gasteiger partial charge in [0.25, 0.3) is 0 Å². The molecule has 0 saturated heterocycles. The quantitative estimate of drug-likeness (QED) is 0.895. The van der Waals surface area contributed by atoms with Crippen molar-refractivity contribution in [1.29, 1.82) is 0 Å². The lowest BCUT2D eigenvalue weighted by Gasteiger charge is -2.11. The molecule has 0 radical (unpaired) electrons. The average molecular weight is 240 g/mol. The Kier molecular flexibility index (Phi) is 3.26. The first-order chi connectivity index (χ1) is 7.66. The normalized spacial score (nSPS) is 12.7. The minimum Gasteiger partial charge on any atom is -0.324 e. The molecular formula is C11H10F2N2S. The van der Waals surface area contributed by atoms with Gasteiger partial charge in [-0.25, -0.2) is 13.8 Å². The molecule has 0 aliphatic rings. The highest BCUT2D eigenvalue weighted by molar-refractivity contribution is 7.09. The highest BCUT2D eigenvalue weighted by Gasteiger charge is 2.13. The van der Waals surface area contributed by atoms with Gasteiger partial charge in [0, 0.05) is 35.7 Å². The summed E-state index contributed by atoms with van der Waals surface area (Å²) in [7, 11) is 0. The summed E-state index contributed by atoms with van der Waals surface area (Å²) >= 11 is 1.47. The second kappa shape index (κ2) is 4.67. The van der Waals surface area contributed by atoms with E-state index in [2.05, 4.69) is 4.98 Å². The highest BCUT2D eigenvalue weighted by Crippen LogP contribution is 2.20. The number of rotatable bonds is 3. The Hall–Kier alpha value is -1.33. The minimum atomic E-state index is -0.607. The number of nitrogens with zero attached hydrogens (tertiary/aromatic N) is 1. The van der Waals surface area contributed by atoms with Crippen LogP contribution >= 0.6 is 11.3 Å². The smallest absolute Gasteiger partial charge is 0.130 e. The fraction of sp³-hybridized carbons (Fsp3) is 0.182. The third-order valence-electron chi connectivity index (χ3n) is 2.24. The summed E-state index contributed by atoms with van der Waals surface area (Å²) in [5.41, 5.74) is 6.16. The molecule has 0 fully saturated rings. The van der Waals surface area contributed by atoms with Crippen molar-refractivity contribution in [1.82, 2.24) is 4.98 Å². The summed E-state index contributed by atoms with van der Waals surface area (Å²) in [6.07, 6.45) is 2.13. The summed E-state index contributed by atoms with van der Waals surface area (Å²) in [5.74, 6) is -1.20. The zero-order chi connectivity index (χ0) is 11.5. The van der Waals surface area contributed by atoms with Crippen LogP contribution in [0.25, 0.3) is 0 Å². The van der Waals surface area contributed by atoms with Gasteiger partial charge < -0.3 is 5.73 Å². The second-order valence-corrected chi connectivity index (χ2v) is 4.38. The lowest BCUT2D eigenvalue weighted by Crippen LogP contribution is -2.15. The maximum Gasteiger partial charge on any atom is 0.130 e. The molecule has 1 aromatic heterocycles. The zero-order valence-electron chi connectivity index (χ0n) is 8.36. The van der Waals surface area contributed by atoms with E-state index in [1.54, 1.807) is 6.20 Å². The molecule has 2 rings (SSSR count).